The van der Waals surface area contributed by atoms with Crippen molar-refractivity contribution in [3.05, 3.63) is 36.0 Å². The summed E-state index contributed by atoms with van der Waals surface area (Å²) in [5.74, 6) is -0.349. The summed E-state index contributed by atoms with van der Waals surface area (Å²) in [6.07, 6.45) is 1.06. The molecule has 20 heavy (non-hydrogen) atoms. The number of carbonyl (C=O) groups is 2. The number of aromatic amines is 1. The maximum absolute atomic E-state index is 12.0. The van der Waals surface area contributed by atoms with E-state index < -0.39 is 0 Å². The van der Waals surface area contributed by atoms with Crippen LogP contribution < -0.4 is 0 Å². The van der Waals surface area contributed by atoms with Gasteiger partial charge in [0.25, 0.3) is 0 Å². The van der Waals surface area contributed by atoms with Crippen LogP contribution in [0.15, 0.2) is 30.3 Å². The first kappa shape index (κ1) is 14.3. The van der Waals surface area contributed by atoms with Crippen molar-refractivity contribution in [3.8, 4) is 0 Å². The summed E-state index contributed by atoms with van der Waals surface area (Å²) >= 11 is 0. The van der Waals surface area contributed by atoms with Crippen LogP contribution in [-0.4, -0.2) is 23.8 Å². The molecule has 0 aliphatic rings. The van der Waals surface area contributed by atoms with Crippen LogP contribution in [-0.2, 0) is 20.7 Å². The molecule has 1 atom stereocenters. The van der Waals surface area contributed by atoms with Crippen molar-refractivity contribution in [2.75, 3.05) is 7.11 Å². The van der Waals surface area contributed by atoms with E-state index in [1.807, 2.05) is 31.2 Å². The fraction of sp³-hybridized carbons (Fsp3) is 0.375. The molecule has 0 aliphatic carbocycles. The Kier molecular flexibility index (Phi) is 4.56. The number of fused-ring (bicyclic) bond motifs is 1. The first-order valence-corrected chi connectivity index (χ1v) is 6.76. The van der Waals surface area contributed by atoms with Gasteiger partial charge in [0, 0.05) is 23.5 Å². The third kappa shape index (κ3) is 3.47. The molecule has 1 aromatic heterocycles. The second-order valence-electron chi connectivity index (χ2n) is 5.03. The maximum atomic E-state index is 12.0. The quantitative estimate of drug-likeness (QED) is 0.823. The molecule has 106 valence electrons. The number of para-hydroxylation sites is 1. The van der Waals surface area contributed by atoms with E-state index in [1.54, 1.807) is 0 Å². The molecule has 2 rings (SSSR count). The molecule has 0 bridgehead atoms. The van der Waals surface area contributed by atoms with Gasteiger partial charge in [-0.15, -0.1) is 0 Å². The molecule has 2 aromatic rings. The average Bonchev–Trinajstić information content (AvgIpc) is 2.86. The highest BCUT2D eigenvalue weighted by Gasteiger charge is 2.16. The van der Waals surface area contributed by atoms with Gasteiger partial charge in [0.1, 0.15) is 5.78 Å². The van der Waals surface area contributed by atoms with Crippen LogP contribution >= 0.6 is 0 Å². The number of benzene rings is 1. The molecule has 0 saturated carbocycles. The minimum atomic E-state index is -0.337. The van der Waals surface area contributed by atoms with Gasteiger partial charge in [0.2, 0.25) is 0 Å². The van der Waals surface area contributed by atoms with Gasteiger partial charge in [-0.1, -0.05) is 25.1 Å². The number of aromatic nitrogens is 1. The van der Waals surface area contributed by atoms with Crippen molar-refractivity contribution in [3.63, 3.8) is 0 Å². The third-order valence-electron chi connectivity index (χ3n) is 3.46. The molecule has 0 saturated heterocycles. The second kappa shape index (κ2) is 6.37. The number of ketones is 1. The van der Waals surface area contributed by atoms with Gasteiger partial charge < -0.3 is 9.72 Å². The minimum absolute atomic E-state index is 0.0917. The first-order valence-electron chi connectivity index (χ1n) is 6.76. The Balaban J connectivity index is 1.94. The summed E-state index contributed by atoms with van der Waals surface area (Å²) in [5, 5.41) is 1.15. The molecule has 0 amide bonds. The van der Waals surface area contributed by atoms with Crippen LogP contribution in [0.5, 0.6) is 0 Å². The molecule has 4 nitrogen and oxygen atoms in total. The van der Waals surface area contributed by atoms with Crippen LogP contribution in [0.4, 0.5) is 0 Å². The molecule has 0 aliphatic heterocycles. The highest BCUT2D eigenvalue weighted by atomic mass is 16.5. The molecule has 0 unspecified atom stereocenters. The Labute approximate surface area is 118 Å². The highest BCUT2D eigenvalue weighted by molar-refractivity contribution is 5.85. The number of carbonyl (C=O) groups excluding carboxylic acids is 2. The summed E-state index contributed by atoms with van der Waals surface area (Å²) in [6, 6.07) is 10.1. The van der Waals surface area contributed by atoms with Crippen LogP contribution in [0, 0.1) is 5.92 Å². The van der Waals surface area contributed by atoms with Crippen molar-refractivity contribution < 1.29 is 14.3 Å². The van der Waals surface area contributed by atoms with Crippen molar-refractivity contribution in [1.82, 2.24) is 4.98 Å². The molecule has 4 heteroatoms. The normalized spacial score (nSPS) is 12.3. The Bertz CT molecular complexity index is 582. The third-order valence-corrected chi connectivity index (χ3v) is 3.46. The smallest absolute Gasteiger partial charge is 0.305 e. The number of hydrogen-bond acceptors (Lipinski definition) is 3. The number of methoxy groups -OCH3 is 1. The molecular formula is C16H19NO3. The van der Waals surface area contributed by atoms with Crippen LogP contribution in [0.3, 0.4) is 0 Å². The standard InChI is InChI=1S/C16H19NO3/c1-11(15(18)7-8-16(19)20-2)9-13-10-12-5-3-4-6-14(12)17-13/h3-6,10-11,17H,7-9H2,1-2H3/t11-/m0/s1. The SMILES string of the molecule is COC(=O)CCC(=O)[C@@H](C)Cc1cc2ccccc2[nH]1. The molecule has 1 aromatic carbocycles. The first-order chi connectivity index (χ1) is 9.60. The molecule has 1 heterocycles. The van der Waals surface area contributed by atoms with E-state index >= 15 is 0 Å². The van der Waals surface area contributed by atoms with E-state index in [1.165, 1.54) is 7.11 Å². The number of hydrogen-bond donors (Lipinski definition) is 1. The Morgan fingerprint density at radius 3 is 2.70 bits per heavy atom. The molecule has 0 spiro atoms. The van der Waals surface area contributed by atoms with Gasteiger partial charge in [0.15, 0.2) is 0 Å². The fourth-order valence-electron chi connectivity index (χ4n) is 2.26. The number of nitrogens with one attached hydrogen (secondary N) is 1. The zero-order valence-electron chi connectivity index (χ0n) is 11.8. The van der Waals surface area contributed by atoms with Gasteiger partial charge in [-0.2, -0.15) is 0 Å². The van der Waals surface area contributed by atoms with E-state index in [4.69, 9.17) is 0 Å². The minimum Gasteiger partial charge on any atom is -0.469 e. The lowest BCUT2D eigenvalue weighted by Gasteiger charge is -2.08. The topological polar surface area (TPSA) is 59.2 Å². The molecular weight excluding hydrogens is 254 g/mol. The van der Waals surface area contributed by atoms with E-state index in [-0.39, 0.29) is 30.5 Å². The Morgan fingerprint density at radius 1 is 1.25 bits per heavy atom. The van der Waals surface area contributed by atoms with E-state index in [2.05, 4.69) is 15.8 Å². The van der Waals surface area contributed by atoms with Crippen LogP contribution in [0.1, 0.15) is 25.5 Å². The van der Waals surface area contributed by atoms with E-state index in [0.717, 1.165) is 16.6 Å². The molecule has 0 fully saturated rings. The number of rotatable bonds is 6. The van der Waals surface area contributed by atoms with Gasteiger partial charge in [-0.25, -0.2) is 0 Å². The number of H-pyrrole nitrogens is 1. The predicted octanol–water partition coefficient (Wildman–Crippen LogP) is 2.87. The van der Waals surface area contributed by atoms with Crippen LogP contribution in [0.25, 0.3) is 10.9 Å². The van der Waals surface area contributed by atoms with Gasteiger partial charge in [-0.3, -0.25) is 9.59 Å². The number of esters is 1. The predicted molar refractivity (Wildman–Crippen MR) is 77.4 cm³/mol. The average molecular weight is 273 g/mol. The number of ether oxygens (including phenoxy) is 1. The van der Waals surface area contributed by atoms with E-state index in [0.29, 0.717) is 6.42 Å². The highest BCUT2D eigenvalue weighted by Crippen LogP contribution is 2.18. The van der Waals surface area contributed by atoms with Crippen molar-refractivity contribution in [1.29, 1.82) is 0 Å². The van der Waals surface area contributed by atoms with Gasteiger partial charge >= 0.3 is 5.97 Å². The molecule has 0 radical (unpaired) electrons. The zero-order valence-corrected chi connectivity index (χ0v) is 11.8. The summed E-state index contributed by atoms with van der Waals surface area (Å²) in [6.45, 7) is 1.89. The van der Waals surface area contributed by atoms with Gasteiger partial charge in [0.05, 0.1) is 13.5 Å². The maximum Gasteiger partial charge on any atom is 0.305 e. The fourth-order valence-corrected chi connectivity index (χ4v) is 2.26. The Morgan fingerprint density at radius 2 is 2.00 bits per heavy atom. The van der Waals surface area contributed by atoms with E-state index in [9.17, 15) is 9.59 Å². The summed E-state index contributed by atoms with van der Waals surface area (Å²) < 4.78 is 4.54. The lowest BCUT2D eigenvalue weighted by Crippen LogP contribution is -2.15. The summed E-state index contributed by atoms with van der Waals surface area (Å²) in [7, 11) is 1.33. The summed E-state index contributed by atoms with van der Waals surface area (Å²) in [5.41, 5.74) is 2.13. The molecule has 1 N–H and O–H groups in total. The van der Waals surface area contributed by atoms with Gasteiger partial charge in [-0.05, 0) is 23.9 Å². The van der Waals surface area contributed by atoms with Crippen molar-refractivity contribution >= 4 is 22.7 Å². The Hall–Kier alpha value is -2.10. The van der Waals surface area contributed by atoms with Crippen molar-refractivity contribution in [2.24, 2.45) is 5.92 Å². The lowest BCUT2D eigenvalue weighted by molar-refractivity contribution is -0.142. The summed E-state index contributed by atoms with van der Waals surface area (Å²) in [4.78, 5) is 26.3. The zero-order chi connectivity index (χ0) is 14.5. The lowest BCUT2D eigenvalue weighted by atomic mass is 9.97. The van der Waals surface area contributed by atoms with Crippen molar-refractivity contribution in [2.45, 2.75) is 26.2 Å². The largest absolute Gasteiger partial charge is 0.469 e. The van der Waals surface area contributed by atoms with Crippen LogP contribution in [0.2, 0.25) is 0 Å². The number of Topliss-reactive ketones (excluding diaryl/α,β-unsaturated/α-hetero) is 1. The monoisotopic (exact) mass is 273 g/mol. The second-order valence-corrected chi connectivity index (χ2v) is 5.03.